The summed E-state index contributed by atoms with van der Waals surface area (Å²) in [6.07, 6.45) is -4.37. The Morgan fingerprint density at radius 1 is 1.32 bits per heavy atom. The molecule has 0 saturated heterocycles. The standard InChI is InChI=1S/C10H9F3N2OS.BrHO/c11-10(12,13)6-1-2-7-8(5-6)17-9(14)15(7)3-4-16;1-2/h1-2,5,14,16H,3-4H2;2H. The van der Waals surface area contributed by atoms with E-state index in [4.69, 9.17) is 14.7 Å². The highest BCUT2D eigenvalue weighted by Gasteiger charge is 2.30. The number of halogens is 4. The number of rotatable bonds is 2. The number of benzene rings is 1. The van der Waals surface area contributed by atoms with Crippen molar-refractivity contribution in [2.45, 2.75) is 12.7 Å². The van der Waals surface area contributed by atoms with Gasteiger partial charge in [-0.2, -0.15) is 13.2 Å². The summed E-state index contributed by atoms with van der Waals surface area (Å²) in [7, 11) is 0. The van der Waals surface area contributed by atoms with Crippen LogP contribution in [0.3, 0.4) is 0 Å². The molecule has 106 valence electrons. The first-order valence-electron chi connectivity index (χ1n) is 4.96. The van der Waals surface area contributed by atoms with E-state index in [0.29, 0.717) is 10.2 Å². The van der Waals surface area contributed by atoms with Gasteiger partial charge in [-0.3, -0.25) is 5.41 Å². The zero-order chi connectivity index (χ0) is 14.6. The minimum atomic E-state index is -4.37. The van der Waals surface area contributed by atoms with E-state index in [-0.39, 0.29) is 18.0 Å². The third kappa shape index (κ3) is 3.56. The van der Waals surface area contributed by atoms with E-state index in [1.807, 2.05) is 16.3 Å². The zero-order valence-electron chi connectivity index (χ0n) is 9.41. The highest BCUT2D eigenvalue weighted by atomic mass is 79.9. The van der Waals surface area contributed by atoms with Crippen LogP contribution in [0.4, 0.5) is 13.2 Å². The molecule has 1 aromatic heterocycles. The van der Waals surface area contributed by atoms with Gasteiger partial charge in [-0.1, -0.05) is 11.3 Å². The van der Waals surface area contributed by atoms with Crippen molar-refractivity contribution in [1.29, 1.82) is 5.41 Å². The van der Waals surface area contributed by atoms with Crippen LogP contribution in [-0.4, -0.2) is 20.5 Å². The Morgan fingerprint density at radius 3 is 2.47 bits per heavy atom. The highest BCUT2D eigenvalue weighted by molar-refractivity contribution is 9.05. The number of hydrogen-bond acceptors (Lipinski definition) is 4. The topological polar surface area (TPSA) is 69.2 Å². The molecule has 2 rings (SSSR count). The molecule has 0 saturated carbocycles. The van der Waals surface area contributed by atoms with E-state index in [9.17, 15) is 13.2 Å². The molecular formula is C10H10BrF3N2O2S. The molecule has 0 amide bonds. The minimum absolute atomic E-state index is 0.133. The fraction of sp³-hybridized carbons (Fsp3) is 0.300. The molecule has 19 heavy (non-hydrogen) atoms. The third-order valence-electron chi connectivity index (χ3n) is 2.35. The fourth-order valence-corrected chi connectivity index (χ4v) is 2.56. The van der Waals surface area contributed by atoms with Crippen LogP contribution in [0.25, 0.3) is 10.2 Å². The van der Waals surface area contributed by atoms with Gasteiger partial charge in [-0.25, -0.2) is 0 Å². The van der Waals surface area contributed by atoms with E-state index < -0.39 is 11.7 Å². The number of nitrogens with zero attached hydrogens (tertiary/aromatic N) is 1. The second-order valence-electron chi connectivity index (χ2n) is 3.46. The van der Waals surface area contributed by atoms with Crippen LogP contribution < -0.4 is 4.80 Å². The molecule has 1 aromatic carbocycles. The number of alkyl halides is 3. The number of thiazole rings is 1. The summed E-state index contributed by atoms with van der Waals surface area (Å²) in [6.45, 7) is 0.0631. The van der Waals surface area contributed by atoms with E-state index >= 15 is 0 Å². The minimum Gasteiger partial charge on any atom is -0.395 e. The van der Waals surface area contributed by atoms with Crippen LogP contribution in [0.15, 0.2) is 18.2 Å². The molecule has 3 N–H and O–H groups in total. The van der Waals surface area contributed by atoms with Crippen molar-refractivity contribution >= 4 is 37.8 Å². The van der Waals surface area contributed by atoms with Crippen LogP contribution in [0.2, 0.25) is 0 Å². The number of hydrogen-bond donors (Lipinski definition) is 3. The summed E-state index contributed by atoms with van der Waals surface area (Å²) in [5.41, 5.74) is -0.176. The van der Waals surface area contributed by atoms with Crippen molar-refractivity contribution in [2.75, 3.05) is 6.61 Å². The van der Waals surface area contributed by atoms with Gasteiger partial charge in [0.2, 0.25) is 0 Å². The number of fused-ring (bicyclic) bond motifs is 1. The Hall–Kier alpha value is -0.900. The Labute approximate surface area is 118 Å². The van der Waals surface area contributed by atoms with Gasteiger partial charge < -0.3 is 13.9 Å². The van der Waals surface area contributed by atoms with Crippen molar-refractivity contribution in [3.8, 4) is 0 Å². The summed E-state index contributed by atoms with van der Waals surface area (Å²) < 4.78 is 46.1. The van der Waals surface area contributed by atoms with Gasteiger partial charge in [-0.05, 0) is 18.2 Å². The molecule has 0 aliphatic heterocycles. The van der Waals surface area contributed by atoms with Crippen LogP contribution in [0.1, 0.15) is 5.56 Å². The summed E-state index contributed by atoms with van der Waals surface area (Å²) in [5.74, 6) is 0. The van der Waals surface area contributed by atoms with Crippen molar-refractivity contribution < 1.29 is 22.5 Å². The molecule has 9 heteroatoms. The molecule has 0 spiro atoms. The lowest BCUT2D eigenvalue weighted by Gasteiger charge is -2.06. The van der Waals surface area contributed by atoms with Gasteiger partial charge in [-0.15, -0.1) is 0 Å². The highest BCUT2D eigenvalue weighted by Crippen LogP contribution is 2.32. The summed E-state index contributed by atoms with van der Waals surface area (Å²) >= 11 is 2.90. The monoisotopic (exact) mass is 358 g/mol. The van der Waals surface area contributed by atoms with Gasteiger partial charge in [0.1, 0.15) is 0 Å². The second kappa shape index (κ2) is 6.51. The maximum atomic E-state index is 12.5. The van der Waals surface area contributed by atoms with Crippen molar-refractivity contribution in [2.24, 2.45) is 0 Å². The number of aliphatic hydroxyl groups is 1. The molecule has 0 unspecified atom stereocenters. The van der Waals surface area contributed by atoms with Gasteiger partial charge in [0, 0.05) is 6.54 Å². The van der Waals surface area contributed by atoms with Crippen LogP contribution in [0.5, 0.6) is 0 Å². The average molecular weight is 359 g/mol. The van der Waals surface area contributed by atoms with Crippen LogP contribution in [-0.2, 0) is 12.7 Å². The van der Waals surface area contributed by atoms with Crippen LogP contribution in [0, 0.1) is 5.41 Å². The van der Waals surface area contributed by atoms with Gasteiger partial charge in [0.15, 0.2) is 4.80 Å². The first-order chi connectivity index (χ1) is 8.93. The first kappa shape index (κ1) is 16.2. The maximum Gasteiger partial charge on any atom is 0.416 e. The third-order valence-corrected chi connectivity index (χ3v) is 3.31. The summed E-state index contributed by atoms with van der Waals surface area (Å²) in [4.78, 5) is 0.133. The Morgan fingerprint density at radius 2 is 1.95 bits per heavy atom. The summed E-state index contributed by atoms with van der Waals surface area (Å²) in [5, 5.41) is 16.4. The van der Waals surface area contributed by atoms with E-state index in [2.05, 4.69) is 0 Å². The maximum absolute atomic E-state index is 12.5. The van der Waals surface area contributed by atoms with E-state index in [0.717, 1.165) is 23.5 Å². The molecule has 0 radical (unpaired) electrons. The molecule has 1 heterocycles. The van der Waals surface area contributed by atoms with E-state index in [1.165, 1.54) is 10.6 Å². The normalized spacial score (nSPS) is 11.3. The fourth-order valence-electron chi connectivity index (χ4n) is 1.59. The smallest absolute Gasteiger partial charge is 0.395 e. The van der Waals surface area contributed by atoms with E-state index in [1.54, 1.807) is 0 Å². The van der Waals surface area contributed by atoms with Crippen LogP contribution >= 0.6 is 27.6 Å². The number of nitrogens with one attached hydrogen (secondary N) is 1. The largest absolute Gasteiger partial charge is 0.416 e. The molecule has 0 bridgehead atoms. The van der Waals surface area contributed by atoms with Gasteiger partial charge in [0.05, 0.1) is 38.6 Å². The molecule has 0 atom stereocenters. The van der Waals surface area contributed by atoms with Gasteiger partial charge >= 0.3 is 6.18 Å². The first-order valence-corrected chi connectivity index (χ1v) is 6.49. The predicted molar refractivity (Wildman–Crippen MR) is 68.9 cm³/mol. The second-order valence-corrected chi connectivity index (χ2v) is 4.49. The van der Waals surface area contributed by atoms with Crippen molar-refractivity contribution in [3.63, 3.8) is 0 Å². The lowest BCUT2D eigenvalue weighted by atomic mass is 10.2. The molecular weight excluding hydrogens is 349 g/mol. The van der Waals surface area contributed by atoms with Crippen molar-refractivity contribution in [3.05, 3.63) is 28.6 Å². The van der Waals surface area contributed by atoms with Crippen molar-refractivity contribution in [1.82, 2.24) is 4.57 Å². The molecule has 2 aromatic rings. The quantitative estimate of drug-likeness (QED) is 0.771. The Balaban J connectivity index is 0.000000861. The summed E-state index contributed by atoms with van der Waals surface area (Å²) in [6, 6.07) is 3.36. The zero-order valence-corrected chi connectivity index (χ0v) is 11.8. The molecule has 4 nitrogen and oxygen atoms in total. The Kier molecular flexibility index (Phi) is 5.53. The SMILES string of the molecule is N=c1sc2cc(C(F)(F)F)ccc2n1CCO.OBr. The predicted octanol–water partition coefficient (Wildman–Crippen LogP) is 2.48. The molecule has 0 aliphatic rings. The molecule has 0 aliphatic carbocycles. The number of aliphatic hydroxyl groups excluding tert-OH is 1. The Bertz CT molecular complexity index is 609. The molecule has 0 fully saturated rings. The van der Waals surface area contributed by atoms with Gasteiger partial charge in [0.25, 0.3) is 0 Å². The average Bonchev–Trinajstić information content (AvgIpc) is 2.67. The number of aromatic nitrogens is 1. The lowest BCUT2D eigenvalue weighted by Crippen LogP contribution is -2.15. The lowest BCUT2D eigenvalue weighted by molar-refractivity contribution is -0.137.